The topological polar surface area (TPSA) is 71.5 Å². The van der Waals surface area contributed by atoms with Crippen molar-refractivity contribution in [1.29, 1.82) is 0 Å². The van der Waals surface area contributed by atoms with Gasteiger partial charge < -0.3 is 15.2 Å². The molecule has 5 nitrogen and oxygen atoms in total. The van der Waals surface area contributed by atoms with Gasteiger partial charge >= 0.3 is 0 Å². The molecule has 0 saturated heterocycles. The summed E-state index contributed by atoms with van der Waals surface area (Å²) in [6.07, 6.45) is 1.24. The number of carbonyl (C=O) groups excluding carboxylic acids is 1. The molecule has 0 fully saturated rings. The van der Waals surface area contributed by atoms with Gasteiger partial charge in [-0.1, -0.05) is 12.1 Å². The van der Waals surface area contributed by atoms with Crippen molar-refractivity contribution < 1.29 is 14.6 Å². The van der Waals surface area contributed by atoms with Crippen molar-refractivity contribution in [1.82, 2.24) is 10.3 Å². The number of carbonyl (C=O) groups is 1. The van der Waals surface area contributed by atoms with Crippen LogP contribution in [0.2, 0.25) is 0 Å². The van der Waals surface area contributed by atoms with E-state index >= 15 is 0 Å². The quantitative estimate of drug-likeness (QED) is 0.766. The van der Waals surface area contributed by atoms with E-state index < -0.39 is 0 Å². The number of aliphatic hydroxyl groups is 1. The smallest absolute Gasteiger partial charge is 0.270 e. The number of nitrogens with zero attached hydrogens (tertiary/aromatic N) is 1. The van der Waals surface area contributed by atoms with Crippen molar-refractivity contribution >= 4 is 17.2 Å². The zero-order valence-corrected chi connectivity index (χ0v) is 12.7. The fraction of sp³-hybridized carbons (Fsp3) is 0.333. The third-order valence-corrected chi connectivity index (χ3v) is 3.77. The van der Waals surface area contributed by atoms with E-state index in [0.29, 0.717) is 25.1 Å². The number of ether oxygens (including phenoxy) is 1. The van der Waals surface area contributed by atoms with E-state index in [9.17, 15) is 4.79 Å². The van der Waals surface area contributed by atoms with Gasteiger partial charge in [-0.15, -0.1) is 11.3 Å². The Balaban J connectivity index is 1.94. The second kappa shape index (κ2) is 7.75. The van der Waals surface area contributed by atoms with Gasteiger partial charge in [-0.3, -0.25) is 4.79 Å². The Hall–Kier alpha value is -1.92. The molecule has 1 amide bonds. The van der Waals surface area contributed by atoms with Gasteiger partial charge in [0.15, 0.2) is 0 Å². The Morgan fingerprint density at radius 3 is 2.81 bits per heavy atom. The minimum absolute atomic E-state index is 0.0695. The third-order valence-electron chi connectivity index (χ3n) is 2.92. The summed E-state index contributed by atoms with van der Waals surface area (Å²) < 4.78 is 5.12. The Morgan fingerprint density at radius 2 is 2.14 bits per heavy atom. The number of hydrogen-bond acceptors (Lipinski definition) is 5. The number of rotatable bonds is 7. The number of aromatic nitrogens is 1. The molecule has 6 heteroatoms. The monoisotopic (exact) mass is 306 g/mol. The van der Waals surface area contributed by atoms with Crippen LogP contribution >= 0.6 is 11.3 Å². The molecule has 0 aliphatic carbocycles. The zero-order valence-electron chi connectivity index (χ0n) is 11.8. The lowest BCUT2D eigenvalue weighted by molar-refractivity contribution is 0.0946. The van der Waals surface area contributed by atoms with E-state index in [1.165, 1.54) is 11.3 Å². The highest BCUT2D eigenvalue weighted by Gasteiger charge is 2.10. The van der Waals surface area contributed by atoms with Gasteiger partial charge in [0.05, 0.1) is 12.1 Å². The van der Waals surface area contributed by atoms with Crippen molar-refractivity contribution in [2.24, 2.45) is 0 Å². The lowest BCUT2D eigenvalue weighted by atomic mass is 10.1. The molecule has 1 aromatic carbocycles. The number of thiazole rings is 1. The van der Waals surface area contributed by atoms with Crippen LogP contribution in [0.3, 0.4) is 0 Å². The summed E-state index contributed by atoms with van der Waals surface area (Å²) in [4.78, 5) is 16.1. The van der Waals surface area contributed by atoms with Crippen molar-refractivity contribution in [2.75, 3.05) is 20.3 Å². The normalized spacial score (nSPS) is 10.4. The molecule has 0 bridgehead atoms. The fourth-order valence-electron chi connectivity index (χ4n) is 1.79. The number of hydrogen-bond donors (Lipinski definition) is 2. The van der Waals surface area contributed by atoms with Crippen LogP contribution in [0.4, 0.5) is 0 Å². The van der Waals surface area contributed by atoms with Crippen molar-refractivity contribution in [2.45, 2.75) is 12.8 Å². The van der Waals surface area contributed by atoms with Gasteiger partial charge in [0, 0.05) is 25.0 Å². The molecule has 0 aliphatic heterocycles. The summed E-state index contributed by atoms with van der Waals surface area (Å²) >= 11 is 1.47. The van der Waals surface area contributed by atoms with Crippen molar-refractivity contribution in [3.8, 4) is 5.75 Å². The number of aliphatic hydroxyl groups excluding tert-OH is 1. The molecule has 0 unspecified atom stereocenters. The molecular weight excluding hydrogens is 288 g/mol. The molecule has 2 rings (SSSR count). The first-order valence-electron chi connectivity index (χ1n) is 6.69. The van der Waals surface area contributed by atoms with Gasteiger partial charge in [-0.2, -0.15) is 0 Å². The Labute approximate surface area is 127 Å². The summed E-state index contributed by atoms with van der Waals surface area (Å²) in [5.74, 6) is 0.627. The number of nitrogens with one attached hydrogen (secondary N) is 1. The maximum absolute atomic E-state index is 11.8. The number of benzene rings is 1. The average molecular weight is 306 g/mol. The standard InChI is InChI=1S/C15H18N2O3S/c1-20-12-5-3-11(4-6-12)9-14-17-13(10-21-14)15(19)16-7-2-8-18/h3-6,10,18H,2,7-9H2,1H3,(H,16,19). The van der Waals surface area contributed by atoms with Crippen LogP contribution < -0.4 is 10.1 Å². The molecule has 0 atom stereocenters. The second-order valence-electron chi connectivity index (χ2n) is 4.48. The van der Waals surface area contributed by atoms with E-state index in [4.69, 9.17) is 9.84 Å². The van der Waals surface area contributed by atoms with E-state index in [0.717, 1.165) is 16.3 Å². The molecule has 2 aromatic rings. The summed E-state index contributed by atoms with van der Waals surface area (Å²) in [5.41, 5.74) is 1.55. The highest BCUT2D eigenvalue weighted by molar-refractivity contribution is 7.09. The van der Waals surface area contributed by atoms with Crippen LogP contribution in [0, 0.1) is 0 Å². The Bertz CT molecular complexity index is 581. The molecule has 2 N–H and O–H groups in total. The van der Waals surface area contributed by atoms with Gasteiger partial charge in [0.25, 0.3) is 5.91 Å². The average Bonchev–Trinajstić information content (AvgIpc) is 2.97. The minimum Gasteiger partial charge on any atom is -0.497 e. The molecule has 0 radical (unpaired) electrons. The van der Waals surface area contributed by atoms with E-state index in [2.05, 4.69) is 10.3 Å². The van der Waals surface area contributed by atoms with Crippen molar-refractivity contribution in [3.05, 3.63) is 45.9 Å². The summed E-state index contributed by atoms with van der Waals surface area (Å²) in [6.45, 7) is 0.529. The van der Waals surface area contributed by atoms with Gasteiger partial charge in [0.2, 0.25) is 0 Å². The van der Waals surface area contributed by atoms with Crippen LogP contribution in [0.15, 0.2) is 29.6 Å². The van der Waals surface area contributed by atoms with Gasteiger partial charge in [-0.25, -0.2) is 4.98 Å². The molecule has 0 aliphatic rings. The zero-order chi connectivity index (χ0) is 15.1. The first-order valence-corrected chi connectivity index (χ1v) is 7.57. The number of methoxy groups -OCH3 is 1. The van der Waals surface area contributed by atoms with Gasteiger partial charge in [-0.05, 0) is 24.1 Å². The summed E-state index contributed by atoms with van der Waals surface area (Å²) in [6, 6.07) is 7.79. The molecule has 1 heterocycles. The first kappa shape index (κ1) is 15.5. The third kappa shape index (κ3) is 4.54. The fourth-order valence-corrected chi connectivity index (χ4v) is 2.59. The van der Waals surface area contributed by atoms with Crippen molar-refractivity contribution in [3.63, 3.8) is 0 Å². The van der Waals surface area contributed by atoms with Crippen LogP contribution in [-0.4, -0.2) is 36.3 Å². The van der Waals surface area contributed by atoms with Crippen LogP contribution in [0.25, 0.3) is 0 Å². The van der Waals surface area contributed by atoms with Crippen LogP contribution in [0.5, 0.6) is 5.75 Å². The molecule has 0 spiro atoms. The van der Waals surface area contributed by atoms with Crippen LogP contribution in [0.1, 0.15) is 27.5 Å². The molecular formula is C15H18N2O3S. The van der Waals surface area contributed by atoms with E-state index in [-0.39, 0.29) is 12.5 Å². The van der Waals surface area contributed by atoms with Crippen LogP contribution in [-0.2, 0) is 6.42 Å². The number of amides is 1. The molecule has 112 valence electrons. The highest BCUT2D eigenvalue weighted by atomic mass is 32.1. The lowest BCUT2D eigenvalue weighted by Crippen LogP contribution is -2.25. The Kier molecular flexibility index (Phi) is 5.71. The largest absolute Gasteiger partial charge is 0.497 e. The lowest BCUT2D eigenvalue weighted by Gasteiger charge is -2.02. The Morgan fingerprint density at radius 1 is 1.38 bits per heavy atom. The molecule has 1 aromatic heterocycles. The second-order valence-corrected chi connectivity index (χ2v) is 5.43. The minimum atomic E-state index is -0.194. The first-order chi connectivity index (χ1) is 10.2. The summed E-state index contributed by atoms with van der Waals surface area (Å²) in [5, 5.41) is 14.1. The van der Waals surface area contributed by atoms with Gasteiger partial charge in [0.1, 0.15) is 11.4 Å². The predicted molar refractivity (Wildman–Crippen MR) is 82.0 cm³/mol. The highest BCUT2D eigenvalue weighted by Crippen LogP contribution is 2.17. The maximum Gasteiger partial charge on any atom is 0.270 e. The van der Waals surface area contributed by atoms with E-state index in [1.807, 2.05) is 24.3 Å². The predicted octanol–water partition coefficient (Wildman–Crippen LogP) is 1.85. The molecule has 0 saturated carbocycles. The summed E-state index contributed by atoms with van der Waals surface area (Å²) in [7, 11) is 1.64. The SMILES string of the molecule is COc1ccc(Cc2nc(C(=O)NCCCO)cs2)cc1. The van der Waals surface area contributed by atoms with E-state index in [1.54, 1.807) is 12.5 Å². The molecule has 21 heavy (non-hydrogen) atoms. The maximum atomic E-state index is 11.8.